The quantitative estimate of drug-likeness (QED) is 0.387. The highest BCUT2D eigenvalue weighted by Crippen LogP contribution is 2.36. The van der Waals surface area contributed by atoms with Gasteiger partial charge < -0.3 is 4.57 Å². The lowest BCUT2D eigenvalue weighted by Crippen LogP contribution is -2.15. The summed E-state index contributed by atoms with van der Waals surface area (Å²) in [6, 6.07) is 24.2. The normalized spacial score (nSPS) is 11.3. The van der Waals surface area contributed by atoms with Crippen LogP contribution in [0.3, 0.4) is 0 Å². The molecule has 130 valence electrons. The number of aryl methyl sites for hydroxylation is 1. The van der Waals surface area contributed by atoms with E-state index in [2.05, 4.69) is 29.6 Å². The summed E-state index contributed by atoms with van der Waals surface area (Å²) in [7, 11) is 1.81. The van der Waals surface area contributed by atoms with Crippen molar-refractivity contribution in [3.63, 3.8) is 0 Å². The predicted octanol–water partition coefficient (Wildman–Crippen LogP) is 5.48. The number of nitrogens with zero attached hydrogens (tertiary/aromatic N) is 2. The minimum absolute atomic E-state index is 0.00808. The molecule has 0 saturated heterocycles. The van der Waals surface area contributed by atoms with E-state index in [0.29, 0.717) is 0 Å². The summed E-state index contributed by atoms with van der Waals surface area (Å²) in [6.07, 6.45) is 0. The van der Waals surface area contributed by atoms with Crippen LogP contribution in [0.25, 0.3) is 43.5 Å². The Balaban J connectivity index is 1.96. The van der Waals surface area contributed by atoms with Crippen LogP contribution < -0.4 is 5.56 Å². The smallest absolute Gasteiger partial charge is 0.250 e. The van der Waals surface area contributed by atoms with Gasteiger partial charge in [-0.05, 0) is 46.8 Å². The Morgan fingerprint density at radius 3 is 2.56 bits per heavy atom. The zero-order valence-electron chi connectivity index (χ0n) is 14.7. The number of fused-ring (bicyclic) bond motifs is 3. The van der Waals surface area contributed by atoms with Crippen molar-refractivity contribution in [1.29, 1.82) is 0 Å². The molecule has 5 rings (SSSR count). The number of hydrogen-bond donors (Lipinski definition) is 0. The third-order valence-electron chi connectivity index (χ3n) is 4.93. The number of benzene rings is 2. The lowest BCUT2D eigenvalue weighted by Gasteiger charge is -2.13. The fraction of sp³-hybridized carbons (Fsp3) is 0.0435. The molecule has 5 aromatic rings. The van der Waals surface area contributed by atoms with Crippen molar-refractivity contribution in [2.45, 2.75) is 0 Å². The Labute approximate surface area is 160 Å². The van der Waals surface area contributed by atoms with Crippen LogP contribution in [0.1, 0.15) is 0 Å². The standard InChI is InChI=1S/C23H16N2OS/c1-25-20-11-10-18-23(16(20)9-12-22(25)26)17(15-6-3-2-4-7-15)14-19(24-18)21-8-5-13-27-21/h2-14H,1H3. The Morgan fingerprint density at radius 1 is 0.926 bits per heavy atom. The monoisotopic (exact) mass is 368 g/mol. The van der Waals surface area contributed by atoms with Gasteiger partial charge in [-0.25, -0.2) is 4.98 Å². The second kappa shape index (κ2) is 6.18. The van der Waals surface area contributed by atoms with E-state index in [1.54, 1.807) is 22.0 Å². The van der Waals surface area contributed by atoms with Crippen LogP contribution in [0.4, 0.5) is 0 Å². The summed E-state index contributed by atoms with van der Waals surface area (Å²) in [6.45, 7) is 0. The predicted molar refractivity (Wildman–Crippen MR) is 113 cm³/mol. The first-order chi connectivity index (χ1) is 13.2. The summed E-state index contributed by atoms with van der Waals surface area (Å²) in [5, 5.41) is 4.19. The average Bonchev–Trinajstić information content (AvgIpc) is 3.25. The molecule has 0 unspecified atom stereocenters. The van der Waals surface area contributed by atoms with Crippen LogP contribution >= 0.6 is 11.3 Å². The minimum Gasteiger partial charge on any atom is -0.311 e. The highest BCUT2D eigenvalue weighted by atomic mass is 32.1. The molecular formula is C23H16N2OS. The summed E-state index contributed by atoms with van der Waals surface area (Å²) in [5.41, 5.74) is 5.09. The number of hydrogen-bond acceptors (Lipinski definition) is 3. The topological polar surface area (TPSA) is 34.9 Å². The third kappa shape index (κ3) is 2.57. The highest BCUT2D eigenvalue weighted by Gasteiger charge is 2.14. The average molecular weight is 368 g/mol. The SMILES string of the molecule is Cn1c(=O)ccc2c3c(-c4ccccc4)cc(-c4cccs4)nc3ccc21. The van der Waals surface area contributed by atoms with Crippen LogP contribution in [0, 0.1) is 0 Å². The molecular weight excluding hydrogens is 352 g/mol. The van der Waals surface area contributed by atoms with Gasteiger partial charge in [0.05, 0.1) is 21.6 Å². The fourth-order valence-electron chi connectivity index (χ4n) is 3.59. The molecule has 3 heterocycles. The molecule has 0 fully saturated rings. The molecule has 0 amide bonds. The summed E-state index contributed by atoms with van der Waals surface area (Å²) in [4.78, 5) is 18.2. The molecule has 2 aromatic carbocycles. The molecule has 0 atom stereocenters. The maximum atomic E-state index is 12.1. The van der Waals surface area contributed by atoms with Crippen molar-refractivity contribution in [1.82, 2.24) is 9.55 Å². The molecule has 0 spiro atoms. The van der Waals surface area contributed by atoms with Gasteiger partial charge in [0.15, 0.2) is 0 Å². The van der Waals surface area contributed by atoms with E-state index in [9.17, 15) is 4.79 Å². The third-order valence-corrected chi connectivity index (χ3v) is 5.83. The van der Waals surface area contributed by atoms with E-state index in [1.807, 2.05) is 49.5 Å². The van der Waals surface area contributed by atoms with Crippen LogP contribution in [0.15, 0.2) is 83.0 Å². The van der Waals surface area contributed by atoms with E-state index in [0.717, 1.165) is 43.5 Å². The molecule has 27 heavy (non-hydrogen) atoms. The van der Waals surface area contributed by atoms with E-state index in [4.69, 9.17) is 4.98 Å². The lowest BCUT2D eigenvalue weighted by molar-refractivity contribution is 0.907. The minimum atomic E-state index is -0.00808. The second-order valence-corrected chi connectivity index (χ2v) is 7.47. The molecule has 3 nitrogen and oxygen atoms in total. The molecule has 0 aliphatic carbocycles. The van der Waals surface area contributed by atoms with Crippen molar-refractivity contribution in [2.24, 2.45) is 7.05 Å². The Bertz CT molecular complexity index is 1340. The molecule has 3 aromatic heterocycles. The van der Waals surface area contributed by atoms with E-state index >= 15 is 0 Å². The van der Waals surface area contributed by atoms with Crippen molar-refractivity contribution in [3.05, 3.63) is 88.5 Å². The van der Waals surface area contributed by atoms with E-state index in [1.165, 1.54) is 0 Å². The van der Waals surface area contributed by atoms with E-state index < -0.39 is 0 Å². The van der Waals surface area contributed by atoms with Gasteiger partial charge in [0.2, 0.25) is 0 Å². The number of pyridine rings is 2. The highest BCUT2D eigenvalue weighted by molar-refractivity contribution is 7.13. The van der Waals surface area contributed by atoms with Gasteiger partial charge in [0.25, 0.3) is 5.56 Å². The molecule has 0 bridgehead atoms. The van der Waals surface area contributed by atoms with Gasteiger partial charge in [-0.3, -0.25) is 4.79 Å². The molecule has 0 saturated carbocycles. The zero-order valence-corrected chi connectivity index (χ0v) is 15.5. The molecule has 0 aliphatic heterocycles. The summed E-state index contributed by atoms with van der Waals surface area (Å²) < 4.78 is 1.69. The van der Waals surface area contributed by atoms with Crippen LogP contribution in [-0.2, 0) is 7.05 Å². The largest absolute Gasteiger partial charge is 0.311 e. The Morgan fingerprint density at radius 2 is 1.78 bits per heavy atom. The van der Waals surface area contributed by atoms with Gasteiger partial charge in [-0.1, -0.05) is 36.4 Å². The van der Waals surface area contributed by atoms with Gasteiger partial charge in [-0.2, -0.15) is 0 Å². The van der Waals surface area contributed by atoms with Crippen LogP contribution in [-0.4, -0.2) is 9.55 Å². The number of rotatable bonds is 2. The fourth-order valence-corrected chi connectivity index (χ4v) is 4.27. The van der Waals surface area contributed by atoms with Crippen LogP contribution in [0.2, 0.25) is 0 Å². The second-order valence-electron chi connectivity index (χ2n) is 6.52. The molecule has 0 aliphatic rings. The zero-order chi connectivity index (χ0) is 18.4. The van der Waals surface area contributed by atoms with Gasteiger partial charge in [0.1, 0.15) is 0 Å². The van der Waals surface area contributed by atoms with Crippen molar-refractivity contribution >= 4 is 33.1 Å². The maximum Gasteiger partial charge on any atom is 0.250 e. The first kappa shape index (κ1) is 16.0. The Hall–Kier alpha value is -3.24. The number of thiophene rings is 1. The first-order valence-electron chi connectivity index (χ1n) is 8.75. The van der Waals surface area contributed by atoms with Gasteiger partial charge in [-0.15, -0.1) is 11.3 Å². The maximum absolute atomic E-state index is 12.1. The van der Waals surface area contributed by atoms with Gasteiger partial charge >= 0.3 is 0 Å². The lowest BCUT2D eigenvalue weighted by atomic mass is 9.96. The van der Waals surface area contributed by atoms with E-state index in [-0.39, 0.29) is 5.56 Å². The molecule has 4 heteroatoms. The summed E-state index contributed by atoms with van der Waals surface area (Å²) in [5.74, 6) is 0. The van der Waals surface area contributed by atoms with Crippen molar-refractivity contribution in [2.75, 3.05) is 0 Å². The van der Waals surface area contributed by atoms with Crippen molar-refractivity contribution in [3.8, 4) is 21.7 Å². The van der Waals surface area contributed by atoms with Crippen molar-refractivity contribution < 1.29 is 0 Å². The van der Waals surface area contributed by atoms with Crippen LogP contribution in [0.5, 0.6) is 0 Å². The number of aromatic nitrogens is 2. The molecule has 0 N–H and O–H groups in total. The Kier molecular flexibility index (Phi) is 3.66. The summed E-state index contributed by atoms with van der Waals surface area (Å²) >= 11 is 1.69. The molecule has 0 radical (unpaired) electrons. The first-order valence-corrected chi connectivity index (χ1v) is 9.63. The van der Waals surface area contributed by atoms with Gasteiger partial charge in [0, 0.05) is 23.9 Å².